The van der Waals surface area contributed by atoms with Gasteiger partial charge in [-0.3, -0.25) is 9.59 Å². The molecule has 0 radical (unpaired) electrons. The van der Waals surface area contributed by atoms with Crippen molar-refractivity contribution in [1.82, 2.24) is 55.5 Å². The van der Waals surface area contributed by atoms with Gasteiger partial charge in [-0.15, -0.1) is 5.10 Å². The number of rotatable bonds is 9. The number of aromatic nitrogens is 9. The van der Waals surface area contributed by atoms with E-state index >= 15 is 0 Å². The quantitative estimate of drug-likeness (QED) is 0.214. The summed E-state index contributed by atoms with van der Waals surface area (Å²) in [5.41, 5.74) is 0.699. The number of alkyl halides is 5. The summed E-state index contributed by atoms with van der Waals surface area (Å²) in [5.74, 6) is -4.48. The Morgan fingerprint density at radius 1 is 1.16 bits per heavy atom. The molecule has 19 heteroatoms. The van der Waals surface area contributed by atoms with Crippen LogP contribution in [0.15, 0.2) is 41.4 Å². The minimum atomic E-state index is -4.68. The van der Waals surface area contributed by atoms with Crippen LogP contribution in [0, 0.1) is 11.3 Å². The molecule has 2 N–H and O–H groups in total. The highest BCUT2D eigenvalue weighted by Gasteiger charge is 2.56. The van der Waals surface area contributed by atoms with E-state index in [0.29, 0.717) is 28.1 Å². The first kappa shape index (κ1) is 32.1. The topological polar surface area (TPSA) is 171 Å². The summed E-state index contributed by atoms with van der Waals surface area (Å²) in [5, 5.41) is 25.3. The maximum Gasteiger partial charge on any atom is 0.408 e. The molecule has 3 fully saturated rings. The van der Waals surface area contributed by atoms with Crippen LogP contribution in [0.25, 0.3) is 16.8 Å². The van der Waals surface area contributed by atoms with Gasteiger partial charge in [-0.2, -0.15) is 18.3 Å². The Hall–Kier alpha value is -5.10. The summed E-state index contributed by atoms with van der Waals surface area (Å²) < 4.78 is 77.6. The van der Waals surface area contributed by atoms with Gasteiger partial charge in [0.25, 0.3) is 5.91 Å². The Morgan fingerprint density at radius 3 is 2.70 bits per heavy atom. The van der Waals surface area contributed by atoms with Crippen molar-refractivity contribution in [2.75, 3.05) is 0 Å². The van der Waals surface area contributed by atoms with Crippen LogP contribution >= 0.6 is 0 Å². The van der Waals surface area contributed by atoms with Gasteiger partial charge in [-0.1, -0.05) is 10.4 Å². The fraction of sp³-hybridized carbons (Fsp3) is 0.516. The van der Waals surface area contributed by atoms with E-state index in [9.17, 15) is 31.5 Å². The maximum atomic E-state index is 14.2. The summed E-state index contributed by atoms with van der Waals surface area (Å²) in [7, 11) is 0. The van der Waals surface area contributed by atoms with Gasteiger partial charge >= 0.3 is 6.18 Å². The van der Waals surface area contributed by atoms with Gasteiger partial charge in [0.05, 0.1) is 36.1 Å². The molecule has 3 atom stereocenters. The van der Waals surface area contributed by atoms with Gasteiger partial charge < -0.3 is 10.6 Å². The molecule has 0 spiro atoms. The first-order chi connectivity index (χ1) is 23.9. The van der Waals surface area contributed by atoms with Crippen LogP contribution in [0.3, 0.4) is 0 Å². The largest absolute Gasteiger partial charge is 0.408 e. The fourth-order valence-electron chi connectivity index (χ4n) is 7.18. The van der Waals surface area contributed by atoms with Gasteiger partial charge in [0.1, 0.15) is 17.3 Å². The Labute approximate surface area is 279 Å². The summed E-state index contributed by atoms with van der Waals surface area (Å²) in [6.07, 6.45) is 0.376. The summed E-state index contributed by atoms with van der Waals surface area (Å²) in [4.78, 5) is 35.8. The molecule has 0 aromatic carbocycles. The number of nitrogens with zero attached hydrogens (tertiary/aromatic N) is 9. The molecule has 8 rings (SSSR count). The fourth-order valence-corrected chi connectivity index (χ4v) is 7.18. The average molecular weight is 700 g/mol. The lowest BCUT2D eigenvalue weighted by Gasteiger charge is -2.33. The van der Waals surface area contributed by atoms with Crippen molar-refractivity contribution in [2.24, 2.45) is 11.3 Å². The first-order valence-corrected chi connectivity index (χ1v) is 16.2. The lowest BCUT2D eigenvalue weighted by Crippen LogP contribution is -2.40. The van der Waals surface area contributed by atoms with E-state index < -0.39 is 47.8 Å². The van der Waals surface area contributed by atoms with E-state index in [2.05, 4.69) is 41.3 Å². The van der Waals surface area contributed by atoms with Crippen LogP contribution in [0.4, 0.5) is 22.0 Å². The average Bonchev–Trinajstić information content (AvgIpc) is 3.38. The van der Waals surface area contributed by atoms with Crippen molar-refractivity contribution in [1.29, 1.82) is 0 Å². The molecule has 2 saturated carbocycles. The van der Waals surface area contributed by atoms with E-state index in [1.165, 1.54) is 21.6 Å². The summed E-state index contributed by atoms with van der Waals surface area (Å²) in [6, 6.07) is 2.04. The normalized spacial score (nSPS) is 23.4. The lowest BCUT2D eigenvalue weighted by molar-refractivity contribution is -0.155. The number of carbonyl (C=O) groups is 2. The number of halogens is 5. The molecule has 0 bridgehead atoms. The number of fused-ring (bicyclic) bond motifs is 2. The van der Waals surface area contributed by atoms with Crippen molar-refractivity contribution >= 4 is 28.6 Å². The Morgan fingerprint density at radius 2 is 1.96 bits per heavy atom. The van der Waals surface area contributed by atoms with Crippen LogP contribution in [0.1, 0.15) is 84.3 Å². The van der Waals surface area contributed by atoms with Crippen LogP contribution in [0.2, 0.25) is 0 Å². The van der Waals surface area contributed by atoms with E-state index in [-0.39, 0.29) is 61.8 Å². The first-order valence-electron chi connectivity index (χ1n) is 16.2. The van der Waals surface area contributed by atoms with Crippen molar-refractivity contribution in [3.63, 3.8) is 0 Å². The van der Waals surface area contributed by atoms with E-state index in [0.717, 1.165) is 12.8 Å². The highest BCUT2D eigenvalue weighted by atomic mass is 19.4. The number of hydrogen-bond donors (Lipinski definition) is 2. The van der Waals surface area contributed by atoms with Gasteiger partial charge in [0, 0.05) is 25.0 Å². The predicted octanol–water partition coefficient (Wildman–Crippen LogP) is 4.11. The van der Waals surface area contributed by atoms with Crippen molar-refractivity contribution in [3.8, 4) is 0 Å². The molecule has 2 aliphatic carbocycles. The molecular weight excluding hydrogens is 669 g/mol. The van der Waals surface area contributed by atoms with Crippen molar-refractivity contribution in [2.45, 2.75) is 88.0 Å². The lowest BCUT2D eigenvalue weighted by atomic mass is 9.79. The van der Waals surface area contributed by atoms with Gasteiger partial charge in [0.2, 0.25) is 11.8 Å². The molecule has 262 valence electrons. The molecule has 5 aromatic rings. The number of hydrogen-bond acceptors (Lipinski definition) is 10. The van der Waals surface area contributed by atoms with E-state index in [1.807, 2.05) is 0 Å². The number of imidazole rings is 1. The van der Waals surface area contributed by atoms with E-state index in [4.69, 9.17) is 9.61 Å². The van der Waals surface area contributed by atoms with Gasteiger partial charge in [0.15, 0.2) is 17.0 Å². The number of nitrogens with one attached hydrogen (secondary N) is 2. The molecule has 14 nitrogen and oxygen atoms in total. The Kier molecular flexibility index (Phi) is 7.55. The number of pyridine rings is 1. The molecule has 5 aromatic heterocycles. The highest BCUT2D eigenvalue weighted by Crippen LogP contribution is 2.44. The zero-order chi connectivity index (χ0) is 34.8. The second-order valence-electron chi connectivity index (χ2n) is 13.6. The van der Waals surface area contributed by atoms with Crippen LogP contribution in [-0.2, 0) is 17.8 Å². The monoisotopic (exact) mass is 699 g/mol. The maximum absolute atomic E-state index is 14.2. The number of carbonyl (C=O) groups excluding carboxylic acids is 2. The third-order valence-corrected chi connectivity index (χ3v) is 9.97. The SMILES string of the molecule is O=C(N[C@H](c1cn2ncc(C[C@@]3(Cn4nnc5cccnc54)C[C@@H](C(F)(F)F)NC3=O)cc2n1)C1CCC(F)(F)CC1)c1nonc1C1CC1. The van der Waals surface area contributed by atoms with Crippen LogP contribution in [-0.4, -0.2) is 74.8 Å². The van der Waals surface area contributed by atoms with Crippen LogP contribution in [0.5, 0.6) is 0 Å². The Balaban J connectivity index is 1.11. The minimum Gasteiger partial charge on any atom is -0.344 e. The Bertz CT molecular complexity index is 2080. The molecule has 1 saturated heterocycles. The summed E-state index contributed by atoms with van der Waals surface area (Å²) in [6.45, 7) is -0.232. The third-order valence-electron chi connectivity index (χ3n) is 9.97. The second-order valence-corrected chi connectivity index (χ2v) is 13.6. The smallest absolute Gasteiger partial charge is 0.344 e. The predicted molar refractivity (Wildman–Crippen MR) is 160 cm³/mol. The molecule has 6 heterocycles. The van der Waals surface area contributed by atoms with Crippen LogP contribution < -0.4 is 10.6 Å². The molecule has 50 heavy (non-hydrogen) atoms. The molecule has 0 unspecified atom stereocenters. The van der Waals surface area contributed by atoms with Crippen molar-refractivity contribution < 1.29 is 36.2 Å². The number of amides is 2. The molecular formula is C31H30F5N11O3. The third kappa shape index (κ3) is 6.01. The zero-order valence-corrected chi connectivity index (χ0v) is 26.3. The summed E-state index contributed by atoms with van der Waals surface area (Å²) >= 11 is 0. The molecule has 2 amide bonds. The molecule has 1 aliphatic heterocycles. The molecule has 3 aliphatic rings. The van der Waals surface area contributed by atoms with E-state index in [1.54, 1.807) is 24.4 Å². The van der Waals surface area contributed by atoms with Gasteiger partial charge in [-0.25, -0.2) is 32.6 Å². The standard InChI is InChI=1S/C31H30F5N11O3/c32-30(33)7-5-18(6-8-30)23(41-27(48)25-24(17-3-4-17)43-50-44-25)20-14-46-22(39-20)10-16(13-38-46)11-29(12-21(31(34,35)36)40-28(29)49)15-47-26-19(42-45-47)2-1-9-37-26/h1-2,9-10,13-14,17-18,21,23H,3-8,11-12,15H2,(H,40,49)(H,41,48)/t21-,23-,29-/m0/s1. The van der Waals surface area contributed by atoms with Crippen molar-refractivity contribution in [3.05, 3.63) is 59.4 Å². The minimum absolute atomic E-state index is 0.0375. The highest BCUT2D eigenvalue weighted by molar-refractivity contribution is 5.93. The van der Waals surface area contributed by atoms with Gasteiger partial charge in [-0.05, 0) is 73.4 Å². The second kappa shape index (κ2) is 11.8. The zero-order valence-electron chi connectivity index (χ0n) is 26.3.